The van der Waals surface area contributed by atoms with Crippen molar-refractivity contribution in [3.8, 4) is 22.8 Å². The minimum Gasteiger partial charge on any atom is -0.502 e. The van der Waals surface area contributed by atoms with E-state index in [0.29, 0.717) is 0 Å². The van der Waals surface area contributed by atoms with Crippen LogP contribution in [0, 0.1) is 5.82 Å². The van der Waals surface area contributed by atoms with Crippen LogP contribution in [-0.2, 0) is 14.8 Å². The van der Waals surface area contributed by atoms with Gasteiger partial charge in [-0.25, -0.2) is 17.5 Å². The van der Waals surface area contributed by atoms with Gasteiger partial charge in [0.05, 0.1) is 10.8 Å². The Morgan fingerprint density at radius 2 is 2.12 bits per heavy atom. The molecule has 0 radical (unpaired) electrons. The molecule has 0 amide bonds. The maximum absolute atomic E-state index is 13.1. The van der Waals surface area contributed by atoms with Crippen molar-refractivity contribution >= 4 is 33.5 Å². The number of rotatable bonds is 5. The minimum absolute atomic E-state index is 0.0849. The average molecular weight is 378 g/mol. The number of anilines is 1. The van der Waals surface area contributed by atoms with Gasteiger partial charge in [-0.15, -0.1) is 0 Å². The second-order valence-electron chi connectivity index (χ2n) is 4.66. The lowest BCUT2D eigenvalue weighted by Crippen LogP contribution is -2.15. The van der Waals surface area contributed by atoms with E-state index in [4.69, 9.17) is 20.8 Å². The molecule has 2 aromatic rings. The molecule has 1 aromatic heterocycles. The fraction of sp³-hybridized carbons (Fsp3) is 0.214. The first-order valence-corrected chi connectivity index (χ1v) is 8.67. The molecule has 130 valence electrons. The topological polar surface area (TPSA) is 106 Å². The maximum Gasteiger partial charge on any atom is 0.308 e. The van der Waals surface area contributed by atoms with Crippen LogP contribution in [0.15, 0.2) is 22.6 Å². The smallest absolute Gasteiger partial charge is 0.308 e. The molecule has 0 unspecified atom stereocenters. The Hall–Kier alpha value is -2.26. The third kappa shape index (κ3) is 3.80. The van der Waals surface area contributed by atoms with Crippen LogP contribution >= 0.6 is 11.6 Å². The van der Waals surface area contributed by atoms with Crippen LogP contribution in [0.4, 0.5) is 10.3 Å². The van der Waals surface area contributed by atoms with Gasteiger partial charge in [0.2, 0.25) is 21.5 Å². The lowest BCUT2D eigenvalue weighted by molar-refractivity contribution is -0.131. The number of furan rings is 1. The summed E-state index contributed by atoms with van der Waals surface area (Å²) < 4.78 is 48.7. The van der Waals surface area contributed by atoms with Crippen LogP contribution in [0.5, 0.6) is 11.5 Å². The van der Waals surface area contributed by atoms with Gasteiger partial charge >= 0.3 is 5.97 Å². The van der Waals surface area contributed by atoms with Gasteiger partial charge in [0, 0.05) is 12.5 Å². The molecule has 0 saturated carbocycles. The molecular weight excluding hydrogens is 365 g/mol. The molecule has 1 aromatic carbocycles. The normalized spacial score (nSPS) is 11.3. The highest BCUT2D eigenvalue weighted by atomic mass is 35.5. The zero-order valence-corrected chi connectivity index (χ0v) is 14.2. The van der Waals surface area contributed by atoms with Crippen molar-refractivity contribution in [2.24, 2.45) is 0 Å². The van der Waals surface area contributed by atoms with Gasteiger partial charge in [-0.3, -0.25) is 4.79 Å². The molecule has 0 saturated heterocycles. The van der Waals surface area contributed by atoms with Crippen LogP contribution < -0.4 is 9.46 Å². The van der Waals surface area contributed by atoms with Gasteiger partial charge in [-0.2, -0.15) is 0 Å². The van der Waals surface area contributed by atoms with Gasteiger partial charge in [-0.05, 0) is 25.1 Å². The largest absolute Gasteiger partial charge is 0.502 e. The third-order valence-electron chi connectivity index (χ3n) is 2.89. The SMILES string of the molecule is CCS(=O)(=O)Nc1oc(-c2ccc(F)cc2Cl)c(O)c1OC(C)=O. The molecule has 0 atom stereocenters. The number of aromatic hydroxyl groups is 1. The Kier molecular flexibility index (Phi) is 5.05. The highest BCUT2D eigenvalue weighted by Gasteiger charge is 2.27. The highest BCUT2D eigenvalue weighted by molar-refractivity contribution is 7.92. The van der Waals surface area contributed by atoms with Crippen LogP contribution in [0.2, 0.25) is 5.02 Å². The van der Waals surface area contributed by atoms with E-state index in [1.54, 1.807) is 0 Å². The quantitative estimate of drug-likeness (QED) is 0.775. The van der Waals surface area contributed by atoms with Gasteiger partial charge < -0.3 is 14.3 Å². The molecule has 0 fully saturated rings. The van der Waals surface area contributed by atoms with Gasteiger partial charge in [0.15, 0.2) is 5.76 Å². The van der Waals surface area contributed by atoms with Crippen LogP contribution in [0.1, 0.15) is 13.8 Å². The highest BCUT2D eigenvalue weighted by Crippen LogP contribution is 2.48. The van der Waals surface area contributed by atoms with Crippen molar-refractivity contribution < 1.29 is 31.9 Å². The third-order valence-corrected chi connectivity index (χ3v) is 4.46. The fourth-order valence-corrected chi connectivity index (χ4v) is 2.60. The molecule has 0 aliphatic rings. The van der Waals surface area contributed by atoms with E-state index >= 15 is 0 Å². The summed E-state index contributed by atoms with van der Waals surface area (Å²) >= 11 is 5.91. The van der Waals surface area contributed by atoms with Crippen molar-refractivity contribution in [2.75, 3.05) is 10.5 Å². The molecule has 24 heavy (non-hydrogen) atoms. The second kappa shape index (κ2) is 6.70. The molecule has 0 aliphatic carbocycles. The monoisotopic (exact) mass is 377 g/mol. The number of ether oxygens (including phenoxy) is 1. The Labute approximate surface area is 142 Å². The maximum atomic E-state index is 13.1. The standard InChI is InChI=1S/C14H13ClFNO6S/c1-3-24(20,21)17-14-13(22-7(2)18)11(19)12(23-14)9-5-4-8(16)6-10(9)15/h4-6,17,19H,3H2,1-2H3. The van der Waals surface area contributed by atoms with Crippen molar-refractivity contribution in [1.82, 2.24) is 0 Å². The molecule has 0 bridgehead atoms. The molecule has 7 nitrogen and oxygen atoms in total. The summed E-state index contributed by atoms with van der Waals surface area (Å²) in [5, 5.41) is 10.1. The van der Waals surface area contributed by atoms with E-state index in [-0.39, 0.29) is 22.1 Å². The number of hydrogen-bond donors (Lipinski definition) is 2. The van der Waals surface area contributed by atoms with E-state index in [0.717, 1.165) is 19.1 Å². The summed E-state index contributed by atoms with van der Waals surface area (Å²) in [6, 6.07) is 3.29. The first kappa shape index (κ1) is 18.1. The fourth-order valence-electron chi connectivity index (χ4n) is 1.78. The summed E-state index contributed by atoms with van der Waals surface area (Å²) in [7, 11) is -3.77. The number of hydrogen-bond acceptors (Lipinski definition) is 6. The van der Waals surface area contributed by atoms with E-state index in [9.17, 15) is 22.7 Å². The van der Waals surface area contributed by atoms with Crippen LogP contribution in [0.3, 0.4) is 0 Å². The van der Waals surface area contributed by atoms with Crippen molar-refractivity contribution in [2.45, 2.75) is 13.8 Å². The number of halogens is 2. The van der Waals surface area contributed by atoms with E-state index < -0.39 is 39.2 Å². The predicted octanol–water partition coefficient (Wildman–Crippen LogP) is 3.13. The summed E-state index contributed by atoms with van der Waals surface area (Å²) in [6.07, 6.45) is 0. The van der Waals surface area contributed by atoms with Gasteiger partial charge in [0.25, 0.3) is 5.88 Å². The minimum atomic E-state index is -3.77. The van der Waals surface area contributed by atoms with Crippen molar-refractivity contribution in [3.05, 3.63) is 29.0 Å². The molecule has 1 heterocycles. The van der Waals surface area contributed by atoms with Crippen LogP contribution in [0.25, 0.3) is 11.3 Å². The van der Waals surface area contributed by atoms with Crippen molar-refractivity contribution in [3.63, 3.8) is 0 Å². The van der Waals surface area contributed by atoms with Crippen molar-refractivity contribution in [1.29, 1.82) is 0 Å². The zero-order valence-electron chi connectivity index (χ0n) is 12.6. The number of nitrogens with one attached hydrogen (secondary N) is 1. The van der Waals surface area contributed by atoms with E-state index in [1.807, 2.05) is 0 Å². The summed E-state index contributed by atoms with van der Waals surface area (Å²) in [5.74, 6) is -3.60. The van der Waals surface area contributed by atoms with Gasteiger partial charge in [-0.1, -0.05) is 11.6 Å². The first-order valence-electron chi connectivity index (χ1n) is 6.64. The summed E-state index contributed by atoms with van der Waals surface area (Å²) in [6.45, 7) is 2.45. The molecule has 0 spiro atoms. The molecule has 2 rings (SSSR count). The number of carbonyl (C=O) groups excluding carboxylic acids is 1. The van der Waals surface area contributed by atoms with E-state index in [1.165, 1.54) is 13.0 Å². The Morgan fingerprint density at radius 1 is 1.46 bits per heavy atom. The Balaban J connectivity index is 2.61. The average Bonchev–Trinajstić information content (AvgIpc) is 2.75. The Morgan fingerprint density at radius 3 is 2.67 bits per heavy atom. The molecule has 2 N–H and O–H groups in total. The van der Waals surface area contributed by atoms with E-state index in [2.05, 4.69) is 4.72 Å². The number of sulfonamides is 1. The molecular formula is C14H13ClFNO6S. The Bertz CT molecular complexity index is 893. The predicted molar refractivity (Wildman–Crippen MR) is 85.2 cm³/mol. The zero-order chi connectivity index (χ0) is 18.1. The molecule has 0 aliphatic heterocycles. The lowest BCUT2D eigenvalue weighted by Gasteiger charge is -2.04. The molecule has 10 heteroatoms. The first-order chi connectivity index (χ1) is 11.1. The number of esters is 1. The summed E-state index contributed by atoms with van der Waals surface area (Å²) in [5.41, 5.74) is 0.0888. The number of benzene rings is 1. The second-order valence-corrected chi connectivity index (χ2v) is 7.08. The lowest BCUT2D eigenvalue weighted by atomic mass is 10.1. The summed E-state index contributed by atoms with van der Waals surface area (Å²) in [4.78, 5) is 11.2. The van der Waals surface area contributed by atoms with Crippen LogP contribution in [-0.4, -0.2) is 25.2 Å². The number of carbonyl (C=O) groups is 1. The van der Waals surface area contributed by atoms with Gasteiger partial charge in [0.1, 0.15) is 5.82 Å².